The van der Waals surface area contributed by atoms with Crippen LogP contribution < -0.4 is 0 Å². The van der Waals surface area contributed by atoms with Crippen LogP contribution in [0.25, 0.3) is 11.6 Å². The van der Waals surface area contributed by atoms with Gasteiger partial charge in [-0.15, -0.1) is 0 Å². The van der Waals surface area contributed by atoms with Crippen molar-refractivity contribution in [1.29, 1.82) is 0 Å². The van der Waals surface area contributed by atoms with E-state index >= 15 is 0 Å². The van der Waals surface area contributed by atoms with Crippen LogP contribution in [0.1, 0.15) is 29.8 Å². The number of nitrogens with zero attached hydrogens (tertiary/aromatic N) is 7. The summed E-state index contributed by atoms with van der Waals surface area (Å²) in [4.78, 5) is 8.47. The maximum Gasteiger partial charge on any atom is 0.278 e. The van der Waals surface area contributed by atoms with Crippen LogP contribution in [-0.2, 0) is 43.6 Å². The Balaban J connectivity index is 1.70. The molecular weight excluding hydrogens is 358 g/mol. The number of rotatable bonds is 4. The van der Waals surface area contributed by atoms with Crippen molar-refractivity contribution >= 4 is 10.0 Å². The topological polar surface area (TPSA) is 112 Å². The smallest absolute Gasteiger partial charge is 0.278 e. The molecule has 11 heteroatoms. The molecule has 0 saturated carbocycles. The van der Waals surface area contributed by atoms with Gasteiger partial charge in [0.25, 0.3) is 15.9 Å². The fourth-order valence-corrected chi connectivity index (χ4v) is 4.38. The van der Waals surface area contributed by atoms with Gasteiger partial charge >= 0.3 is 0 Å². The predicted octanol–water partition coefficient (Wildman–Crippen LogP) is 0.779. The van der Waals surface area contributed by atoms with Crippen molar-refractivity contribution in [2.24, 2.45) is 14.1 Å². The van der Waals surface area contributed by atoms with Crippen molar-refractivity contribution in [2.75, 3.05) is 0 Å². The number of hydrogen-bond donors (Lipinski definition) is 0. The van der Waals surface area contributed by atoms with Crippen LogP contribution >= 0.6 is 0 Å². The van der Waals surface area contributed by atoms with E-state index in [2.05, 4.69) is 20.2 Å². The van der Waals surface area contributed by atoms with Gasteiger partial charge in [-0.3, -0.25) is 4.68 Å². The first-order valence-electron chi connectivity index (χ1n) is 8.19. The van der Waals surface area contributed by atoms with Crippen LogP contribution in [0.5, 0.6) is 0 Å². The van der Waals surface area contributed by atoms with Crippen LogP contribution in [0.4, 0.5) is 0 Å². The summed E-state index contributed by atoms with van der Waals surface area (Å²) < 4.78 is 35.9. The van der Waals surface area contributed by atoms with Crippen LogP contribution in [0.15, 0.2) is 15.7 Å². The van der Waals surface area contributed by atoms with Gasteiger partial charge in [0.05, 0.1) is 12.2 Å². The van der Waals surface area contributed by atoms with E-state index < -0.39 is 10.0 Å². The van der Waals surface area contributed by atoms with Crippen LogP contribution in [0.2, 0.25) is 0 Å². The molecule has 0 aliphatic carbocycles. The minimum atomic E-state index is -3.70. The summed E-state index contributed by atoms with van der Waals surface area (Å²) in [6, 6.07) is 0. The number of fused-ring (bicyclic) bond motifs is 1. The molecule has 4 rings (SSSR count). The van der Waals surface area contributed by atoms with Gasteiger partial charge in [0.15, 0.2) is 16.5 Å². The van der Waals surface area contributed by atoms with E-state index in [0.717, 1.165) is 11.3 Å². The Kier molecular flexibility index (Phi) is 3.74. The Morgan fingerprint density at radius 3 is 2.62 bits per heavy atom. The summed E-state index contributed by atoms with van der Waals surface area (Å²) in [7, 11) is -0.154. The van der Waals surface area contributed by atoms with Gasteiger partial charge < -0.3 is 9.09 Å². The Labute approximate surface area is 150 Å². The summed E-state index contributed by atoms with van der Waals surface area (Å²) in [5.74, 6) is 1.54. The quantitative estimate of drug-likeness (QED) is 0.660. The summed E-state index contributed by atoms with van der Waals surface area (Å²) in [5, 5.41) is 8.38. The lowest BCUT2D eigenvalue weighted by molar-refractivity contribution is 0.411. The molecule has 0 fully saturated rings. The molecule has 0 spiro atoms. The largest absolute Gasteiger partial charge is 0.337 e. The maximum absolute atomic E-state index is 12.9. The molecule has 0 unspecified atom stereocenters. The first kappa shape index (κ1) is 16.9. The van der Waals surface area contributed by atoms with Crippen molar-refractivity contribution in [2.45, 2.75) is 38.4 Å². The van der Waals surface area contributed by atoms with Gasteiger partial charge in [0, 0.05) is 38.8 Å². The van der Waals surface area contributed by atoms with E-state index in [1.807, 2.05) is 6.92 Å². The van der Waals surface area contributed by atoms with Gasteiger partial charge in [-0.05, 0) is 6.92 Å². The summed E-state index contributed by atoms with van der Waals surface area (Å²) in [6.45, 7) is 4.12. The predicted molar refractivity (Wildman–Crippen MR) is 90.3 cm³/mol. The molecule has 4 heterocycles. The van der Waals surface area contributed by atoms with Crippen molar-refractivity contribution < 1.29 is 12.9 Å². The fourth-order valence-electron chi connectivity index (χ4n) is 2.98. The number of imidazole rings is 1. The van der Waals surface area contributed by atoms with Crippen LogP contribution in [0, 0.1) is 6.92 Å². The molecule has 0 N–H and O–H groups in total. The van der Waals surface area contributed by atoms with Crippen molar-refractivity contribution in [3.63, 3.8) is 0 Å². The van der Waals surface area contributed by atoms with Crippen LogP contribution in [0.3, 0.4) is 0 Å². The number of sulfonamides is 1. The van der Waals surface area contributed by atoms with Gasteiger partial charge in [0.2, 0.25) is 0 Å². The molecule has 0 radical (unpaired) electrons. The first-order chi connectivity index (χ1) is 12.3. The standard InChI is InChI=1S/C15H19N7O3S/c1-5-12-17-15(25-19-12)14-10-6-22(7-11(10)21(4)18-14)26(23,24)13-8-20(3)9(2)16-13/h8H,5-7H2,1-4H3. The third kappa shape index (κ3) is 2.46. The highest BCUT2D eigenvalue weighted by atomic mass is 32.2. The van der Waals surface area contributed by atoms with E-state index in [4.69, 9.17) is 4.52 Å². The monoisotopic (exact) mass is 377 g/mol. The van der Waals surface area contributed by atoms with E-state index in [0.29, 0.717) is 29.7 Å². The average molecular weight is 377 g/mol. The zero-order chi connectivity index (χ0) is 18.6. The molecule has 0 saturated heterocycles. The summed E-state index contributed by atoms with van der Waals surface area (Å²) in [5.41, 5.74) is 2.13. The highest BCUT2D eigenvalue weighted by molar-refractivity contribution is 7.89. The second-order valence-electron chi connectivity index (χ2n) is 6.28. The molecule has 0 amide bonds. The van der Waals surface area contributed by atoms with Crippen molar-refractivity contribution in [3.05, 3.63) is 29.1 Å². The highest BCUT2D eigenvalue weighted by Gasteiger charge is 2.37. The lowest BCUT2D eigenvalue weighted by atomic mass is 10.2. The fraction of sp³-hybridized carbons (Fsp3) is 0.467. The highest BCUT2D eigenvalue weighted by Crippen LogP contribution is 2.34. The van der Waals surface area contributed by atoms with Gasteiger partial charge in [-0.25, -0.2) is 13.4 Å². The molecule has 138 valence electrons. The maximum atomic E-state index is 12.9. The molecule has 3 aromatic heterocycles. The minimum absolute atomic E-state index is 0.0471. The molecule has 10 nitrogen and oxygen atoms in total. The van der Waals surface area contributed by atoms with Gasteiger partial charge in [0.1, 0.15) is 5.82 Å². The molecule has 1 aliphatic rings. The van der Waals surface area contributed by atoms with Crippen molar-refractivity contribution in [3.8, 4) is 11.6 Å². The second-order valence-corrected chi connectivity index (χ2v) is 8.16. The second kappa shape index (κ2) is 5.74. The number of aryl methyl sites for hydroxylation is 4. The average Bonchev–Trinajstić information content (AvgIpc) is 3.34. The molecule has 0 aromatic carbocycles. The minimum Gasteiger partial charge on any atom is -0.337 e. The van der Waals surface area contributed by atoms with E-state index in [1.54, 1.807) is 30.3 Å². The van der Waals surface area contributed by atoms with E-state index in [1.165, 1.54) is 10.5 Å². The summed E-state index contributed by atoms with van der Waals surface area (Å²) in [6.07, 6.45) is 2.18. The van der Waals surface area contributed by atoms with E-state index in [9.17, 15) is 8.42 Å². The Hall–Kier alpha value is -2.53. The third-order valence-electron chi connectivity index (χ3n) is 4.61. The lowest BCUT2D eigenvalue weighted by Gasteiger charge is -2.14. The normalized spacial score (nSPS) is 14.9. The molecular formula is C15H19N7O3S. The third-order valence-corrected chi connectivity index (χ3v) is 6.28. The van der Waals surface area contributed by atoms with Crippen molar-refractivity contribution in [1.82, 2.24) is 33.8 Å². The Bertz CT molecular complexity index is 1070. The zero-order valence-corrected chi connectivity index (χ0v) is 15.8. The van der Waals surface area contributed by atoms with Gasteiger partial charge in [-0.1, -0.05) is 12.1 Å². The first-order valence-corrected chi connectivity index (χ1v) is 9.63. The van der Waals surface area contributed by atoms with Gasteiger partial charge in [-0.2, -0.15) is 14.4 Å². The molecule has 0 atom stereocenters. The Morgan fingerprint density at radius 1 is 1.23 bits per heavy atom. The molecule has 3 aromatic rings. The summed E-state index contributed by atoms with van der Waals surface area (Å²) >= 11 is 0. The molecule has 26 heavy (non-hydrogen) atoms. The van der Waals surface area contributed by atoms with E-state index in [-0.39, 0.29) is 18.1 Å². The van der Waals surface area contributed by atoms with Crippen LogP contribution in [-0.4, -0.2) is 42.2 Å². The number of hydrogen-bond acceptors (Lipinski definition) is 7. The number of aromatic nitrogens is 6. The zero-order valence-electron chi connectivity index (χ0n) is 15.0. The molecule has 1 aliphatic heterocycles. The lowest BCUT2D eigenvalue weighted by Crippen LogP contribution is -2.27. The Morgan fingerprint density at radius 2 is 2.00 bits per heavy atom. The SMILES string of the molecule is CCc1noc(-c2nn(C)c3c2CN(S(=O)(=O)c2cn(C)c(C)n2)C3)n1. The molecule has 0 bridgehead atoms.